The van der Waals surface area contributed by atoms with Crippen LogP contribution in [0.2, 0.25) is 26.2 Å². The smallest absolute Gasteiger partial charge is 0.143 e. The highest BCUT2D eigenvalue weighted by Gasteiger charge is 2.52. The van der Waals surface area contributed by atoms with Crippen LogP contribution in [0.3, 0.4) is 0 Å². The number of benzene rings is 8. The van der Waals surface area contributed by atoms with Crippen molar-refractivity contribution in [3.05, 3.63) is 257 Å². The van der Waals surface area contributed by atoms with Crippen LogP contribution in [0.4, 0.5) is 0 Å². The second-order valence-electron chi connectivity index (χ2n) is 17.5. The molecule has 8 aromatic rings. The van der Waals surface area contributed by atoms with Crippen molar-refractivity contribution in [2.75, 3.05) is 0 Å². The zero-order valence-corrected chi connectivity index (χ0v) is 45.9. The Kier molecular flexibility index (Phi) is 15.6. The van der Waals surface area contributed by atoms with E-state index < -0.39 is 13.5 Å². The van der Waals surface area contributed by atoms with E-state index >= 15 is 0 Å². The van der Waals surface area contributed by atoms with Gasteiger partial charge in [-0.2, -0.15) is 0 Å². The summed E-state index contributed by atoms with van der Waals surface area (Å²) in [4.78, 5) is 0. The molecule has 8 aromatic carbocycles. The number of hydrogen-bond donors (Lipinski definition) is 0. The molecule has 0 radical (unpaired) electrons. The molecule has 0 bridgehead atoms. The molecule has 0 amide bonds. The van der Waals surface area contributed by atoms with E-state index in [1.165, 1.54) is 66.4 Å². The van der Waals surface area contributed by atoms with E-state index in [-0.39, 0.29) is 25.3 Å². The van der Waals surface area contributed by atoms with Crippen molar-refractivity contribution in [3.63, 3.8) is 0 Å². The van der Waals surface area contributed by atoms with Crippen molar-refractivity contribution in [2.24, 2.45) is 0 Å². The highest BCUT2D eigenvalue weighted by Crippen LogP contribution is 2.53. The standard InChI is InChI=1S/C25H16B2Br2.C25H16Br4.C4H12Si.CH4.H2/c28-26-21-13-5-1-9-17(21)25(18-10-2-6-14-22(18)26)19-11-3-7-15-23(19)27(29)24-16-8-4-12-20(24)25;26-21-13-5-1-9-17(21)25(18-10-2-6-14-22(18)27,19-11-3-7-15-23(19)28)20-12-4-8-16-24(20)29;1-5(2,3)4;;/h2*1-16H;1-4H3;1H4;1H/i;;;;1+1. The van der Waals surface area contributed by atoms with Crippen molar-refractivity contribution in [3.8, 4) is 0 Å². The number of fused-ring (bicyclic) bond motifs is 8. The molecule has 0 aromatic heterocycles. The normalized spacial score (nSPS) is 13.1. The van der Waals surface area contributed by atoms with E-state index in [9.17, 15) is 0 Å². The summed E-state index contributed by atoms with van der Waals surface area (Å²) in [7, 11) is -0.611. The molecule has 0 aliphatic carbocycles. The Morgan fingerprint density at radius 3 is 0.766 bits per heavy atom. The number of rotatable bonds is 4. The first-order chi connectivity index (χ1) is 30.3. The average molecular weight is 1240 g/mol. The third-order valence-electron chi connectivity index (χ3n) is 11.7. The monoisotopic (exact) mass is 1230 g/mol. The Balaban J connectivity index is 0.000000190. The number of hydrogen-bond acceptors (Lipinski definition) is 0. The van der Waals surface area contributed by atoms with Gasteiger partial charge in [-0.15, -0.1) is 31.5 Å². The summed E-state index contributed by atoms with van der Waals surface area (Å²) >= 11 is 23.4. The minimum absolute atomic E-state index is 0. The summed E-state index contributed by atoms with van der Waals surface area (Å²) in [5, 5.41) is 0. The van der Waals surface area contributed by atoms with Gasteiger partial charge in [0, 0.05) is 27.4 Å². The molecule has 64 heavy (non-hydrogen) atoms. The van der Waals surface area contributed by atoms with Gasteiger partial charge in [-0.05, 0) is 68.8 Å². The molecular weight excluding hydrogens is 1190 g/mol. The molecule has 2 aliphatic rings. The second-order valence-corrected chi connectivity index (χ2v) is 28.7. The van der Waals surface area contributed by atoms with Crippen molar-refractivity contribution in [1.29, 1.82) is 0 Å². The highest BCUT2D eigenvalue weighted by molar-refractivity contribution is 9.25. The van der Waals surface area contributed by atoms with Crippen molar-refractivity contribution < 1.29 is 1.43 Å². The van der Waals surface area contributed by atoms with Gasteiger partial charge in [-0.1, -0.05) is 289 Å². The summed E-state index contributed by atoms with van der Waals surface area (Å²) in [6.07, 6.45) is 0. The molecule has 0 N–H and O–H groups in total. The maximum atomic E-state index is 4.02. The molecule has 0 saturated carbocycles. The lowest BCUT2D eigenvalue weighted by Crippen LogP contribution is -2.61. The first-order valence-electron chi connectivity index (χ1n) is 21.0. The Morgan fingerprint density at radius 1 is 0.359 bits per heavy atom. The predicted octanol–water partition coefficient (Wildman–Crippen LogP) is 15.7. The van der Waals surface area contributed by atoms with Crippen LogP contribution in [-0.4, -0.2) is 19.1 Å². The predicted molar refractivity (Wildman–Crippen MR) is 306 cm³/mol. The van der Waals surface area contributed by atoms with Crippen LogP contribution in [0.5, 0.6) is 0 Å². The zero-order chi connectivity index (χ0) is 44.5. The fraction of sp³-hybridized carbons (Fsp3) is 0.127. The molecule has 0 unspecified atom stereocenters. The molecule has 10 rings (SSSR count). The van der Waals surface area contributed by atoms with Crippen LogP contribution >= 0.6 is 95.2 Å². The topological polar surface area (TPSA) is 0 Å². The van der Waals surface area contributed by atoms with Gasteiger partial charge in [0.15, 0.2) is 0 Å². The van der Waals surface area contributed by atoms with Crippen LogP contribution < -0.4 is 21.9 Å². The molecular formula is C55H50B2Br6Si. The summed E-state index contributed by atoms with van der Waals surface area (Å²) in [5.41, 5.74) is 15.1. The van der Waals surface area contributed by atoms with Gasteiger partial charge < -0.3 is 0 Å². The van der Waals surface area contributed by atoms with Crippen LogP contribution in [0.1, 0.15) is 53.4 Å². The molecule has 0 nitrogen and oxygen atoms in total. The van der Waals surface area contributed by atoms with Gasteiger partial charge in [0.1, 0.15) is 0 Å². The van der Waals surface area contributed by atoms with Crippen molar-refractivity contribution in [1.82, 2.24) is 0 Å². The molecule has 322 valence electrons. The van der Waals surface area contributed by atoms with Crippen molar-refractivity contribution >= 4 is 136 Å². The zero-order valence-electron chi connectivity index (χ0n) is 35.4. The van der Waals surface area contributed by atoms with E-state index in [2.05, 4.69) is 316 Å². The number of halogens is 6. The lowest BCUT2D eigenvalue weighted by molar-refractivity contribution is 0.728. The molecule has 0 fully saturated rings. The van der Waals surface area contributed by atoms with E-state index in [4.69, 9.17) is 0 Å². The SMILES string of the molecule is BrB1c2ccccc2C2(c3ccccc31)c1ccccc1B(Br)c1ccccc12.Brc1ccccc1C(c1ccccc1Br)(c1ccccc1Br)c1ccccc1Br.C.C[Si](C)(C)C.[2HH]. The molecule has 2 aliphatic heterocycles. The Morgan fingerprint density at radius 2 is 0.547 bits per heavy atom. The maximum Gasteiger partial charge on any atom is 0.288 e. The van der Waals surface area contributed by atoms with E-state index in [1.807, 2.05) is 0 Å². The van der Waals surface area contributed by atoms with Crippen molar-refractivity contribution in [2.45, 2.75) is 44.4 Å². The van der Waals surface area contributed by atoms with E-state index in [0.29, 0.717) is 0 Å². The second kappa shape index (κ2) is 20.5. The first-order valence-corrected chi connectivity index (χ1v) is 30.0. The maximum absolute atomic E-state index is 4.02. The summed E-state index contributed by atoms with van der Waals surface area (Å²) in [5.74, 6) is 0. The molecule has 0 atom stereocenters. The van der Waals surface area contributed by atoms with Gasteiger partial charge in [0.05, 0.1) is 10.8 Å². The highest BCUT2D eigenvalue weighted by atomic mass is 79.9. The minimum Gasteiger partial charge on any atom is -0.143 e. The van der Waals surface area contributed by atoms with Gasteiger partial charge >= 0.3 is 0 Å². The van der Waals surface area contributed by atoms with Crippen LogP contribution in [0, 0.1) is 0 Å². The molecule has 1 spiro atoms. The fourth-order valence-electron chi connectivity index (χ4n) is 9.38. The Labute approximate surface area is 434 Å². The fourth-order valence-corrected chi connectivity index (χ4v) is 13.3. The van der Waals surface area contributed by atoms with E-state index in [1.54, 1.807) is 0 Å². The summed E-state index contributed by atoms with van der Waals surface area (Å²) in [6, 6.07) is 69.5. The minimum atomic E-state index is -0.611. The third kappa shape index (κ3) is 8.94. The quantitative estimate of drug-likeness (QED) is 0.122. The van der Waals surface area contributed by atoms with Crippen LogP contribution in [-0.2, 0) is 10.8 Å². The Bertz CT molecular complexity index is 2540. The summed E-state index contributed by atoms with van der Waals surface area (Å²) < 4.78 is 4.23. The van der Waals surface area contributed by atoms with Gasteiger partial charge in [-0.25, -0.2) is 0 Å². The van der Waals surface area contributed by atoms with Crippen LogP contribution in [0.25, 0.3) is 0 Å². The lowest BCUT2D eigenvalue weighted by atomic mass is 9.41. The largest absolute Gasteiger partial charge is 0.288 e. The summed E-state index contributed by atoms with van der Waals surface area (Å²) in [6.45, 7) is 9.31. The van der Waals surface area contributed by atoms with Gasteiger partial charge in [-0.3, -0.25) is 0 Å². The van der Waals surface area contributed by atoms with E-state index in [0.717, 1.165) is 17.9 Å². The molecule has 9 heteroatoms. The Hall–Kier alpha value is -3.01. The first kappa shape index (κ1) is 48.9. The molecule has 0 saturated heterocycles. The van der Waals surface area contributed by atoms with Gasteiger partial charge in [0.25, 0.3) is 11.1 Å². The third-order valence-corrected chi connectivity index (χ3v) is 16.4. The lowest BCUT2D eigenvalue weighted by Gasteiger charge is -2.48. The molecule has 2 heterocycles. The van der Waals surface area contributed by atoms with Gasteiger partial charge in [0.2, 0.25) is 0 Å². The van der Waals surface area contributed by atoms with Crippen LogP contribution in [0.15, 0.2) is 212 Å². The average Bonchev–Trinajstić information content (AvgIpc) is 3.28.